The van der Waals surface area contributed by atoms with Crippen LogP contribution in [0.4, 0.5) is 34.1 Å². The van der Waals surface area contributed by atoms with Crippen molar-refractivity contribution in [3.8, 4) is 78.1 Å². The summed E-state index contributed by atoms with van der Waals surface area (Å²) in [6, 6.07) is 133. The first kappa shape index (κ1) is 70.9. The predicted octanol–water partition coefficient (Wildman–Crippen LogP) is 31.0. The summed E-state index contributed by atoms with van der Waals surface area (Å²) in [7, 11) is 0. The second-order valence-corrected chi connectivity index (χ2v) is 31.7. The number of aromatic nitrogens is 2. The molecule has 0 N–H and O–H groups in total. The Kier molecular flexibility index (Phi) is 19.7. The molecule has 2 aromatic heterocycles. The molecular weight excluding hydrogens is 1370 g/mol. The number of hydrogen-bond donors (Lipinski definition) is 0. The molecule has 0 saturated carbocycles. The van der Waals surface area contributed by atoms with Gasteiger partial charge in [-0.2, -0.15) is 0 Å². The van der Waals surface area contributed by atoms with Crippen molar-refractivity contribution in [1.29, 1.82) is 0 Å². The summed E-state index contributed by atoms with van der Waals surface area (Å²) in [6.07, 6.45) is 20.1. The van der Waals surface area contributed by atoms with Gasteiger partial charge < -0.3 is 18.9 Å². The van der Waals surface area contributed by atoms with Crippen LogP contribution in [0.2, 0.25) is 0 Å². The van der Waals surface area contributed by atoms with Gasteiger partial charge in [0.25, 0.3) is 0 Å². The maximum absolute atomic E-state index is 2.62. The number of benzene rings is 15. The van der Waals surface area contributed by atoms with Crippen LogP contribution in [0.5, 0.6) is 0 Å². The highest BCUT2D eigenvalue weighted by Crippen LogP contribution is 2.56. The molecule has 15 aromatic carbocycles. The topological polar surface area (TPSA) is 16.3 Å². The minimum absolute atomic E-state index is 0.0572. The Morgan fingerprint density at radius 2 is 0.558 bits per heavy atom. The first-order valence-corrected chi connectivity index (χ1v) is 41.7. The van der Waals surface area contributed by atoms with E-state index in [2.05, 4.69) is 385 Å². The van der Waals surface area contributed by atoms with E-state index in [1.54, 1.807) is 0 Å². The third-order valence-corrected chi connectivity index (χ3v) is 24.8. The Labute approximate surface area is 666 Å². The molecule has 0 amide bonds. The number of rotatable bonds is 27. The van der Waals surface area contributed by atoms with E-state index >= 15 is 0 Å². The SMILES string of the molecule is CCCCCCCCC1(CCCCCCCC)c2ccccc2-c2ccc(N(c3ccc(-c4ccccc4)cc3)c3ccc(-c4cc(-c5ccc(N(c6ccc(-c7cc(-c8ccccc8)cc(-n8c9ccccc9c9ccccc98)c7)cc6)c6ccc7c(c6)CC7)cc5)cc(-n5c6ccccc6c6ccccc65)c4)cc3)cc21. The molecule has 2 aliphatic carbocycles. The average molecular weight is 1460 g/mol. The molecule has 0 unspecified atom stereocenters. The third kappa shape index (κ3) is 13.6. The summed E-state index contributed by atoms with van der Waals surface area (Å²) in [5.41, 5.74) is 34.2. The fraction of sp³-hybridized carbons (Fsp3) is 0.174. The Balaban J connectivity index is 0.702. The van der Waals surface area contributed by atoms with Gasteiger partial charge in [0.1, 0.15) is 0 Å². The third-order valence-electron chi connectivity index (χ3n) is 24.8. The van der Waals surface area contributed by atoms with Crippen LogP contribution in [0.15, 0.2) is 352 Å². The van der Waals surface area contributed by atoms with E-state index in [1.807, 2.05) is 0 Å². The van der Waals surface area contributed by atoms with Crippen molar-refractivity contribution >= 4 is 77.7 Å². The van der Waals surface area contributed by atoms with Crippen LogP contribution >= 0.6 is 0 Å². The van der Waals surface area contributed by atoms with Gasteiger partial charge in [-0.05, 0) is 248 Å². The summed E-state index contributed by atoms with van der Waals surface area (Å²) in [6.45, 7) is 4.66. The zero-order chi connectivity index (χ0) is 75.6. The molecule has 4 nitrogen and oxygen atoms in total. The lowest BCUT2D eigenvalue weighted by molar-refractivity contribution is 0.398. The van der Waals surface area contributed by atoms with Crippen molar-refractivity contribution in [2.45, 2.75) is 122 Å². The van der Waals surface area contributed by atoms with Crippen molar-refractivity contribution in [1.82, 2.24) is 9.13 Å². The largest absolute Gasteiger partial charge is 0.310 e. The summed E-state index contributed by atoms with van der Waals surface area (Å²) in [4.78, 5) is 4.97. The monoisotopic (exact) mass is 1460 g/mol. The number of unbranched alkanes of at least 4 members (excludes halogenated alkanes) is 10. The molecule has 4 heteroatoms. The Morgan fingerprint density at radius 1 is 0.239 bits per heavy atom. The van der Waals surface area contributed by atoms with Gasteiger partial charge in [-0.25, -0.2) is 0 Å². The van der Waals surface area contributed by atoms with Gasteiger partial charge in [-0.3, -0.25) is 0 Å². The number of anilines is 6. The van der Waals surface area contributed by atoms with Crippen LogP contribution in [-0.2, 0) is 18.3 Å². The molecule has 19 rings (SSSR count). The van der Waals surface area contributed by atoms with Crippen molar-refractivity contribution in [3.05, 3.63) is 374 Å². The number of para-hydroxylation sites is 4. The second-order valence-electron chi connectivity index (χ2n) is 31.7. The van der Waals surface area contributed by atoms with Crippen LogP contribution in [-0.4, -0.2) is 9.13 Å². The number of fused-ring (bicyclic) bond motifs is 10. The minimum Gasteiger partial charge on any atom is -0.310 e. The highest BCUT2D eigenvalue weighted by atomic mass is 15.1. The molecule has 0 atom stereocenters. The van der Waals surface area contributed by atoms with Gasteiger partial charge in [0.2, 0.25) is 0 Å². The summed E-state index contributed by atoms with van der Waals surface area (Å²) in [5, 5.41) is 4.99. The van der Waals surface area contributed by atoms with E-state index < -0.39 is 0 Å². The maximum atomic E-state index is 2.62. The maximum Gasteiger partial charge on any atom is 0.0541 e. The van der Waals surface area contributed by atoms with E-state index in [9.17, 15) is 0 Å². The molecule has 0 spiro atoms. The summed E-state index contributed by atoms with van der Waals surface area (Å²) >= 11 is 0. The lowest BCUT2D eigenvalue weighted by Crippen LogP contribution is -2.26. The van der Waals surface area contributed by atoms with Crippen molar-refractivity contribution in [2.75, 3.05) is 9.80 Å². The highest BCUT2D eigenvalue weighted by Gasteiger charge is 2.43. The predicted molar refractivity (Wildman–Crippen MR) is 481 cm³/mol. The van der Waals surface area contributed by atoms with Crippen molar-refractivity contribution in [3.63, 3.8) is 0 Å². The molecular formula is C109H96N4. The van der Waals surface area contributed by atoms with E-state index in [0.717, 1.165) is 86.0 Å². The van der Waals surface area contributed by atoms with Crippen molar-refractivity contribution in [2.24, 2.45) is 0 Å². The molecule has 0 radical (unpaired) electrons. The van der Waals surface area contributed by atoms with Crippen LogP contribution in [0.25, 0.3) is 122 Å². The van der Waals surface area contributed by atoms with Gasteiger partial charge >= 0.3 is 0 Å². The minimum atomic E-state index is -0.0572. The van der Waals surface area contributed by atoms with Gasteiger partial charge in [0.05, 0.1) is 22.1 Å². The Morgan fingerprint density at radius 3 is 0.965 bits per heavy atom. The first-order chi connectivity index (χ1) is 55.9. The molecule has 0 aliphatic heterocycles. The summed E-state index contributed by atoms with van der Waals surface area (Å²) < 4.78 is 4.92. The lowest BCUT2D eigenvalue weighted by atomic mass is 9.70. The number of hydrogen-bond acceptors (Lipinski definition) is 2. The first-order valence-electron chi connectivity index (χ1n) is 41.7. The zero-order valence-electron chi connectivity index (χ0n) is 65.1. The van der Waals surface area contributed by atoms with E-state index in [0.29, 0.717) is 0 Å². The molecule has 113 heavy (non-hydrogen) atoms. The molecule has 17 aromatic rings. The van der Waals surface area contributed by atoms with E-state index in [4.69, 9.17) is 0 Å². The fourth-order valence-electron chi connectivity index (χ4n) is 18.9. The van der Waals surface area contributed by atoms with E-state index in [-0.39, 0.29) is 5.41 Å². The van der Waals surface area contributed by atoms with Crippen LogP contribution in [0.1, 0.15) is 126 Å². The fourth-order valence-corrected chi connectivity index (χ4v) is 18.9. The van der Waals surface area contributed by atoms with Gasteiger partial charge in [0, 0.05) is 72.5 Å². The average Bonchev–Trinajstić information content (AvgIpc) is 1.59. The van der Waals surface area contributed by atoms with Crippen LogP contribution < -0.4 is 9.80 Å². The molecule has 2 heterocycles. The molecule has 0 saturated heterocycles. The van der Waals surface area contributed by atoms with Crippen LogP contribution in [0.3, 0.4) is 0 Å². The molecule has 0 bridgehead atoms. The van der Waals surface area contributed by atoms with Gasteiger partial charge in [0.15, 0.2) is 0 Å². The van der Waals surface area contributed by atoms with E-state index in [1.165, 1.54) is 195 Å². The standard InChI is InChI=1S/C109H96N4/c1-3-5-7-9-11-29-67-109(68-30-12-10-8-6-4-2)103-40-24-19-35-97(103)98-66-65-94(76-104(98)109)111(91-56-47-79(48-57-91)77-31-15-13-16-32-77)92-62-53-83(54-63-92)88-70-87(74-96(75-88)113-107-43-27-22-38-101(107)102-39-23-28-44-108(102)113)82-51-60-90(61-52-82)110(93-64-55-80-45-46-84(80)71-93)89-58-49-81(50-59-89)86-69-85(78-33-17-14-18-34-78)72-95(73-86)112-105-41-25-20-36-99(105)100-37-21-26-42-106(100)112/h13-28,31-44,47-66,69-76H,3-12,29-30,45-46,67-68H2,1-2H3. The molecule has 2 aliphatic rings. The number of nitrogens with zero attached hydrogens (tertiary/aromatic N) is 4. The lowest BCUT2D eigenvalue weighted by Gasteiger charge is -2.34. The second kappa shape index (κ2) is 31.3. The van der Waals surface area contributed by atoms with Gasteiger partial charge in [-0.15, -0.1) is 0 Å². The number of aryl methyl sites for hydroxylation is 2. The van der Waals surface area contributed by atoms with Crippen LogP contribution in [0, 0.1) is 0 Å². The highest BCUT2D eigenvalue weighted by molar-refractivity contribution is 6.11. The summed E-state index contributed by atoms with van der Waals surface area (Å²) in [5.74, 6) is 0. The molecule has 552 valence electrons. The Bertz CT molecular complexity index is 6140. The Hall–Kier alpha value is -12.5. The quantitative estimate of drug-likeness (QED) is 0.0477. The smallest absolute Gasteiger partial charge is 0.0541 e. The molecule has 0 fully saturated rings. The van der Waals surface area contributed by atoms with Crippen molar-refractivity contribution < 1.29 is 0 Å². The van der Waals surface area contributed by atoms with Gasteiger partial charge in [-0.1, -0.05) is 309 Å². The normalized spacial score (nSPS) is 12.7. The zero-order valence-corrected chi connectivity index (χ0v) is 65.1.